The number of nitrogens with one attached hydrogen (secondary N) is 2. The lowest BCUT2D eigenvalue weighted by molar-refractivity contribution is -0.126. The van der Waals surface area contributed by atoms with Crippen molar-refractivity contribution >= 4 is 12.0 Å². The maximum Gasteiger partial charge on any atom is 0.408 e. The number of H-pyrrole nitrogens is 1. The lowest BCUT2D eigenvalue weighted by Crippen LogP contribution is -2.75. The predicted octanol–water partition coefficient (Wildman–Crippen LogP) is 1.94. The summed E-state index contributed by atoms with van der Waals surface area (Å²) in [6.07, 6.45) is 7.15. The molecule has 3 saturated heterocycles. The van der Waals surface area contributed by atoms with Gasteiger partial charge in [0.25, 0.3) is 5.91 Å². The molecule has 3 aliphatic heterocycles. The fourth-order valence-corrected chi connectivity index (χ4v) is 5.22. The summed E-state index contributed by atoms with van der Waals surface area (Å²) in [5.74, 6) is 0.394. The van der Waals surface area contributed by atoms with Crippen LogP contribution in [-0.4, -0.2) is 64.5 Å². The molecule has 4 fully saturated rings. The van der Waals surface area contributed by atoms with Crippen LogP contribution < -0.4 is 5.32 Å². The highest BCUT2D eigenvalue weighted by molar-refractivity contribution is 5.93. The summed E-state index contributed by atoms with van der Waals surface area (Å²) >= 11 is 0. The van der Waals surface area contributed by atoms with Gasteiger partial charge in [0.05, 0.1) is 18.6 Å². The Bertz CT molecular complexity index is 743. The second kappa shape index (κ2) is 6.22. The zero-order valence-corrected chi connectivity index (χ0v) is 15.5. The molecule has 146 valence electrons. The second-order valence-corrected chi connectivity index (χ2v) is 8.41. The lowest BCUT2D eigenvalue weighted by Gasteiger charge is -2.54. The molecule has 1 saturated carbocycles. The number of likely N-dealkylation sites (tertiary alicyclic amines) is 1. The first kappa shape index (κ1) is 17.0. The summed E-state index contributed by atoms with van der Waals surface area (Å²) in [5, 5.41) is 10.3. The van der Waals surface area contributed by atoms with Gasteiger partial charge in [-0.25, -0.2) is 4.79 Å². The van der Waals surface area contributed by atoms with Gasteiger partial charge in [0.1, 0.15) is 5.69 Å². The standard InChI is InChI=1S/C19H26N4O4/c24-16(15-10-14(21-22-15)13-4-2-1-3-5-13)23-11-19(12-23)18(20-17(25)27-19)6-8-26-9-7-18/h10,13H,1-9,11-12H2,(H,20,25)(H,21,22). The van der Waals surface area contributed by atoms with Crippen LogP contribution in [0.15, 0.2) is 6.07 Å². The fraction of sp³-hybridized carbons (Fsp3) is 0.737. The minimum Gasteiger partial charge on any atom is -0.437 e. The molecule has 0 radical (unpaired) electrons. The van der Waals surface area contributed by atoms with Crippen molar-refractivity contribution < 1.29 is 19.1 Å². The van der Waals surface area contributed by atoms with Crippen molar-refractivity contribution in [2.24, 2.45) is 0 Å². The Morgan fingerprint density at radius 1 is 1.19 bits per heavy atom. The van der Waals surface area contributed by atoms with E-state index in [1.54, 1.807) is 4.90 Å². The molecule has 0 unspecified atom stereocenters. The minimum atomic E-state index is -0.633. The molecule has 8 nitrogen and oxygen atoms in total. The highest BCUT2D eigenvalue weighted by Gasteiger charge is 2.67. The van der Waals surface area contributed by atoms with Crippen LogP contribution >= 0.6 is 0 Å². The molecule has 2 spiro atoms. The average molecular weight is 374 g/mol. The van der Waals surface area contributed by atoms with Gasteiger partial charge in [0.2, 0.25) is 0 Å². The van der Waals surface area contributed by atoms with Gasteiger partial charge >= 0.3 is 6.09 Å². The van der Waals surface area contributed by atoms with Crippen molar-refractivity contribution in [3.8, 4) is 0 Å². The van der Waals surface area contributed by atoms with Crippen LogP contribution in [0.1, 0.15) is 67.0 Å². The van der Waals surface area contributed by atoms with E-state index in [0.717, 1.165) is 31.4 Å². The zero-order valence-electron chi connectivity index (χ0n) is 15.5. The smallest absolute Gasteiger partial charge is 0.408 e. The molecule has 1 aromatic heterocycles. The van der Waals surface area contributed by atoms with Crippen molar-refractivity contribution in [2.75, 3.05) is 26.3 Å². The van der Waals surface area contributed by atoms with E-state index in [4.69, 9.17) is 9.47 Å². The Morgan fingerprint density at radius 3 is 2.67 bits per heavy atom. The number of aromatic amines is 1. The Morgan fingerprint density at radius 2 is 1.93 bits per heavy atom. The number of alkyl carbamates (subject to hydrolysis) is 1. The van der Waals surface area contributed by atoms with Crippen LogP contribution in [0.3, 0.4) is 0 Å². The summed E-state index contributed by atoms with van der Waals surface area (Å²) in [6.45, 7) is 2.03. The second-order valence-electron chi connectivity index (χ2n) is 8.41. The average Bonchev–Trinajstić information content (AvgIpc) is 3.25. The van der Waals surface area contributed by atoms with Gasteiger partial charge in [-0.1, -0.05) is 19.3 Å². The third-order valence-electron chi connectivity index (χ3n) is 6.89. The van der Waals surface area contributed by atoms with Gasteiger partial charge < -0.3 is 19.7 Å². The third-order valence-corrected chi connectivity index (χ3v) is 6.89. The highest BCUT2D eigenvalue weighted by Crippen LogP contribution is 2.45. The van der Waals surface area contributed by atoms with E-state index in [1.165, 1.54) is 19.3 Å². The summed E-state index contributed by atoms with van der Waals surface area (Å²) < 4.78 is 11.1. The molecule has 1 aromatic rings. The van der Waals surface area contributed by atoms with E-state index in [2.05, 4.69) is 15.5 Å². The quantitative estimate of drug-likeness (QED) is 0.825. The first-order chi connectivity index (χ1) is 13.1. The molecule has 0 atom stereocenters. The number of nitrogens with zero attached hydrogens (tertiary/aromatic N) is 2. The summed E-state index contributed by atoms with van der Waals surface area (Å²) in [5.41, 5.74) is 0.483. The maximum absolute atomic E-state index is 12.9. The van der Waals surface area contributed by atoms with Crippen LogP contribution in [0.5, 0.6) is 0 Å². The molecule has 0 aromatic carbocycles. The largest absolute Gasteiger partial charge is 0.437 e. The molecular weight excluding hydrogens is 348 g/mol. The highest BCUT2D eigenvalue weighted by atomic mass is 16.6. The molecule has 1 aliphatic carbocycles. The predicted molar refractivity (Wildman–Crippen MR) is 95.4 cm³/mol. The normalized spacial score (nSPS) is 26.7. The Hall–Kier alpha value is -2.09. The van der Waals surface area contributed by atoms with Gasteiger partial charge in [-0.05, 0) is 31.7 Å². The number of aromatic nitrogens is 2. The van der Waals surface area contributed by atoms with Crippen LogP contribution in [0.2, 0.25) is 0 Å². The summed E-state index contributed by atoms with van der Waals surface area (Å²) in [6, 6.07) is 1.91. The molecule has 2 N–H and O–H groups in total. The number of fused-ring (bicyclic) bond motifs is 1. The molecule has 0 bridgehead atoms. The third kappa shape index (κ3) is 2.64. The van der Waals surface area contributed by atoms with E-state index in [-0.39, 0.29) is 12.0 Å². The van der Waals surface area contributed by atoms with E-state index in [9.17, 15) is 9.59 Å². The van der Waals surface area contributed by atoms with Crippen LogP contribution in [0.25, 0.3) is 0 Å². The Labute approximate surface area is 158 Å². The van der Waals surface area contributed by atoms with Crippen molar-refractivity contribution in [1.29, 1.82) is 0 Å². The number of hydrogen-bond donors (Lipinski definition) is 2. The summed E-state index contributed by atoms with van der Waals surface area (Å²) in [4.78, 5) is 26.6. The number of rotatable bonds is 2. The minimum absolute atomic E-state index is 0.0934. The Kier molecular flexibility index (Phi) is 3.93. The van der Waals surface area contributed by atoms with Gasteiger partial charge in [-0.3, -0.25) is 9.89 Å². The van der Waals surface area contributed by atoms with Gasteiger partial charge in [-0.15, -0.1) is 0 Å². The van der Waals surface area contributed by atoms with Gasteiger partial charge in [0.15, 0.2) is 5.60 Å². The Balaban J connectivity index is 1.28. The maximum atomic E-state index is 12.9. The summed E-state index contributed by atoms with van der Waals surface area (Å²) in [7, 11) is 0. The SMILES string of the molecule is O=C1NC2(CCOCC2)C2(CN(C(=O)c3cc(C4CCCCC4)[nH]n3)C2)O1. The van der Waals surface area contributed by atoms with Crippen LogP contribution in [0.4, 0.5) is 4.79 Å². The van der Waals surface area contributed by atoms with E-state index >= 15 is 0 Å². The molecule has 4 aliphatic rings. The number of hydrogen-bond acceptors (Lipinski definition) is 5. The van der Waals surface area contributed by atoms with Crippen LogP contribution in [-0.2, 0) is 9.47 Å². The van der Waals surface area contributed by atoms with Crippen molar-refractivity contribution in [1.82, 2.24) is 20.4 Å². The van der Waals surface area contributed by atoms with Crippen molar-refractivity contribution in [3.05, 3.63) is 17.5 Å². The molecule has 27 heavy (non-hydrogen) atoms. The molecule has 2 amide bonds. The van der Waals surface area contributed by atoms with Gasteiger partial charge in [-0.2, -0.15) is 5.10 Å². The van der Waals surface area contributed by atoms with Crippen molar-refractivity contribution in [3.63, 3.8) is 0 Å². The lowest BCUT2D eigenvalue weighted by atomic mass is 9.70. The number of ether oxygens (including phenoxy) is 2. The first-order valence-electron chi connectivity index (χ1n) is 10.0. The van der Waals surface area contributed by atoms with Crippen molar-refractivity contribution in [2.45, 2.75) is 62.0 Å². The van der Waals surface area contributed by atoms with E-state index < -0.39 is 11.1 Å². The fourth-order valence-electron chi connectivity index (χ4n) is 5.22. The zero-order chi connectivity index (χ0) is 18.5. The number of carbonyl (C=O) groups is 2. The molecule has 4 heterocycles. The van der Waals surface area contributed by atoms with Crippen LogP contribution in [0, 0.1) is 0 Å². The first-order valence-corrected chi connectivity index (χ1v) is 10.0. The topological polar surface area (TPSA) is 96.6 Å². The van der Waals surface area contributed by atoms with E-state index in [0.29, 0.717) is 37.9 Å². The number of carbonyl (C=O) groups excluding carboxylic acids is 2. The molecular formula is C19H26N4O4. The monoisotopic (exact) mass is 374 g/mol. The molecule has 8 heteroatoms. The van der Waals surface area contributed by atoms with E-state index in [1.807, 2.05) is 6.07 Å². The number of amides is 2. The molecule has 5 rings (SSSR count). The van der Waals surface area contributed by atoms with Gasteiger partial charge in [0, 0.05) is 24.8 Å².